The van der Waals surface area contributed by atoms with Gasteiger partial charge in [0.25, 0.3) is 0 Å². The molecule has 1 aliphatic carbocycles. The highest BCUT2D eigenvalue weighted by Crippen LogP contribution is 2.38. The lowest BCUT2D eigenvalue weighted by Crippen LogP contribution is -2.35. The Kier molecular flexibility index (Phi) is 16.1. The van der Waals surface area contributed by atoms with Gasteiger partial charge in [-0.05, 0) is 134 Å². The van der Waals surface area contributed by atoms with Crippen molar-refractivity contribution in [2.45, 2.75) is 91.4 Å². The summed E-state index contributed by atoms with van der Waals surface area (Å²) in [4.78, 5) is 24.2. The number of aliphatic hydroxyl groups is 3. The van der Waals surface area contributed by atoms with Gasteiger partial charge in [-0.25, -0.2) is 9.59 Å². The number of carbonyl (C=O) groups excluding carboxylic acids is 2. The number of carbonyl (C=O) groups is 2. The lowest BCUT2D eigenvalue weighted by Gasteiger charge is -2.28. The summed E-state index contributed by atoms with van der Waals surface area (Å²) in [5, 5.41) is 29.8. The van der Waals surface area contributed by atoms with Gasteiger partial charge in [-0.3, -0.25) is 0 Å². The molecule has 0 saturated heterocycles. The van der Waals surface area contributed by atoms with Crippen molar-refractivity contribution in [3.05, 3.63) is 101 Å². The van der Waals surface area contributed by atoms with Crippen molar-refractivity contribution >= 4 is 11.9 Å². The maximum Gasteiger partial charge on any atom is 0.333 e. The second kappa shape index (κ2) is 20.4. The van der Waals surface area contributed by atoms with Gasteiger partial charge in [0.15, 0.2) is 0 Å². The van der Waals surface area contributed by atoms with Gasteiger partial charge in [0.2, 0.25) is 0 Å². The first-order valence-electron chi connectivity index (χ1n) is 19.4. The average Bonchev–Trinajstić information content (AvgIpc) is 3.17. The molecule has 3 N–H and O–H groups in total. The van der Waals surface area contributed by atoms with E-state index in [-0.39, 0.29) is 46.1 Å². The van der Waals surface area contributed by atoms with Crippen molar-refractivity contribution in [2.24, 2.45) is 11.3 Å². The SMILES string of the molecule is C=C(C)C(=O)OCCCc1cc(-c2ccc(-c3ccc(C4CCC(C)CC4)cc3)cc2C)cc(CCCOC(=O)C(=C)C)c1OCCC(CO)(CO)CO. The Balaban J connectivity index is 1.66. The Morgan fingerprint density at radius 1 is 0.722 bits per heavy atom. The second-order valence-electron chi connectivity index (χ2n) is 15.3. The number of hydrogen-bond donors (Lipinski definition) is 3. The maximum atomic E-state index is 12.1. The molecular weight excluding hydrogens is 680 g/mol. The minimum Gasteiger partial charge on any atom is -0.493 e. The van der Waals surface area contributed by atoms with E-state index in [4.69, 9.17) is 14.2 Å². The van der Waals surface area contributed by atoms with E-state index in [0.29, 0.717) is 48.5 Å². The first kappa shape index (κ1) is 42.5. The molecule has 0 unspecified atom stereocenters. The summed E-state index contributed by atoms with van der Waals surface area (Å²) in [5.41, 5.74) is 8.37. The minimum absolute atomic E-state index is 0.142. The molecule has 4 rings (SSSR count). The van der Waals surface area contributed by atoms with Crippen LogP contribution in [0.2, 0.25) is 0 Å². The van der Waals surface area contributed by atoms with Crippen molar-refractivity contribution < 1.29 is 39.1 Å². The summed E-state index contributed by atoms with van der Waals surface area (Å²) < 4.78 is 17.2. The summed E-state index contributed by atoms with van der Waals surface area (Å²) in [7, 11) is 0. The first-order chi connectivity index (χ1) is 25.9. The van der Waals surface area contributed by atoms with Crippen molar-refractivity contribution in [3.63, 3.8) is 0 Å². The first-order valence-corrected chi connectivity index (χ1v) is 19.4. The van der Waals surface area contributed by atoms with Gasteiger partial charge < -0.3 is 29.5 Å². The van der Waals surface area contributed by atoms with Crippen molar-refractivity contribution in [1.82, 2.24) is 0 Å². The molecule has 3 aromatic rings. The molecule has 8 nitrogen and oxygen atoms in total. The van der Waals surface area contributed by atoms with Gasteiger partial charge in [-0.15, -0.1) is 0 Å². The van der Waals surface area contributed by atoms with Gasteiger partial charge in [0.05, 0.1) is 39.6 Å². The van der Waals surface area contributed by atoms with Crippen LogP contribution in [-0.2, 0) is 31.9 Å². The summed E-state index contributed by atoms with van der Waals surface area (Å²) in [6, 6.07) is 19.8. The lowest BCUT2D eigenvalue weighted by atomic mass is 9.79. The van der Waals surface area contributed by atoms with E-state index in [9.17, 15) is 24.9 Å². The standard InChI is InChI=1S/C46H60O8/c1-31(2)44(50)53-22-7-9-39-26-41(27-40(10-8-23-54-45(51)32(3)4)43(39)52-24-21-46(28-47,29-48)30-49)42-20-19-38(25-34(42)6)37-17-15-36(16-18-37)35-13-11-33(5)12-14-35/h15-20,25-27,33,35,47-49H,1,3,7-14,21-24,28-30H2,2,4-6H3. The number of hydrogen-bond acceptors (Lipinski definition) is 8. The van der Waals surface area contributed by atoms with Gasteiger partial charge in [0, 0.05) is 16.6 Å². The predicted molar refractivity (Wildman–Crippen MR) is 214 cm³/mol. The highest BCUT2D eigenvalue weighted by atomic mass is 16.5. The van der Waals surface area contributed by atoms with Crippen molar-refractivity contribution in [3.8, 4) is 28.0 Å². The van der Waals surface area contributed by atoms with E-state index >= 15 is 0 Å². The molecule has 1 saturated carbocycles. The van der Waals surface area contributed by atoms with Crippen molar-refractivity contribution in [2.75, 3.05) is 39.6 Å². The molecule has 0 heterocycles. The van der Waals surface area contributed by atoms with Crippen LogP contribution in [0.15, 0.2) is 78.9 Å². The number of rotatable bonds is 20. The number of aryl methyl sites for hydroxylation is 3. The number of esters is 2. The van der Waals surface area contributed by atoms with Gasteiger partial charge >= 0.3 is 11.9 Å². The van der Waals surface area contributed by atoms with E-state index in [1.807, 2.05) is 0 Å². The monoisotopic (exact) mass is 740 g/mol. The quantitative estimate of drug-likeness (QED) is 0.0600. The fraction of sp³-hybridized carbons (Fsp3) is 0.478. The molecule has 0 radical (unpaired) electrons. The van der Waals surface area contributed by atoms with Crippen LogP contribution in [0.4, 0.5) is 0 Å². The lowest BCUT2D eigenvalue weighted by molar-refractivity contribution is -0.139. The van der Waals surface area contributed by atoms with E-state index in [0.717, 1.165) is 39.3 Å². The molecule has 1 aliphatic rings. The Morgan fingerprint density at radius 3 is 1.72 bits per heavy atom. The molecule has 292 valence electrons. The Morgan fingerprint density at radius 2 is 1.24 bits per heavy atom. The third-order valence-corrected chi connectivity index (χ3v) is 10.7. The normalized spacial score (nSPS) is 15.8. The van der Waals surface area contributed by atoms with Crippen molar-refractivity contribution in [1.29, 1.82) is 0 Å². The highest BCUT2D eigenvalue weighted by Gasteiger charge is 2.28. The summed E-state index contributed by atoms with van der Waals surface area (Å²) in [6.07, 6.45) is 7.50. The average molecular weight is 741 g/mol. The van der Waals surface area contributed by atoms with Crippen LogP contribution < -0.4 is 4.74 Å². The smallest absolute Gasteiger partial charge is 0.333 e. The Bertz CT molecular complexity index is 1660. The number of benzene rings is 3. The minimum atomic E-state index is -1.08. The Hall–Kier alpha value is -4.24. The highest BCUT2D eigenvalue weighted by molar-refractivity contribution is 5.87. The van der Waals surface area contributed by atoms with E-state index in [1.54, 1.807) is 13.8 Å². The summed E-state index contributed by atoms with van der Waals surface area (Å²) >= 11 is 0. The van der Waals surface area contributed by atoms with Gasteiger partial charge in [-0.1, -0.05) is 75.4 Å². The van der Waals surface area contributed by atoms with E-state index in [2.05, 4.69) is 81.6 Å². The molecule has 3 aromatic carbocycles. The third-order valence-electron chi connectivity index (χ3n) is 10.7. The van der Waals surface area contributed by atoms with Crippen LogP contribution in [0.3, 0.4) is 0 Å². The largest absolute Gasteiger partial charge is 0.493 e. The predicted octanol–water partition coefficient (Wildman–Crippen LogP) is 8.46. The topological polar surface area (TPSA) is 123 Å². The number of aliphatic hydroxyl groups excluding tert-OH is 3. The summed E-state index contributed by atoms with van der Waals surface area (Å²) in [5.74, 6) is 1.25. The van der Waals surface area contributed by atoms with Crippen LogP contribution in [-0.4, -0.2) is 66.9 Å². The molecule has 0 aliphatic heterocycles. The summed E-state index contributed by atoms with van der Waals surface area (Å²) in [6.45, 7) is 14.4. The molecule has 0 bridgehead atoms. The van der Waals surface area contributed by atoms with Crippen LogP contribution in [0.5, 0.6) is 5.75 Å². The molecular formula is C46H60O8. The third kappa shape index (κ3) is 11.6. The fourth-order valence-corrected chi connectivity index (χ4v) is 7.03. The van der Waals surface area contributed by atoms with Crippen LogP contribution >= 0.6 is 0 Å². The fourth-order valence-electron chi connectivity index (χ4n) is 7.03. The zero-order valence-electron chi connectivity index (χ0n) is 32.8. The molecule has 0 spiro atoms. The zero-order chi connectivity index (χ0) is 39.3. The second-order valence-corrected chi connectivity index (χ2v) is 15.3. The number of ether oxygens (including phenoxy) is 3. The zero-order valence-corrected chi connectivity index (χ0v) is 32.8. The van der Waals surface area contributed by atoms with Gasteiger partial charge in [0.1, 0.15) is 5.75 Å². The van der Waals surface area contributed by atoms with Crippen LogP contribution in [0, 0.1) is 18.3 Å². The molecule has 0 atom stereocenters. The van der Waals surface area contributed by atoms with Crippen LogP contribution in [0.1, 0.15) is 93.9 Å². The Labute approximate surface area is 321 Å². The van der Waals surface area contributed by atoms with Crippen LogP contribution in [0.25, 0.3) is 22.3 Å². The molecule has 1 fully saturated rings. The van der Waals surface area contributed by atoms with E-state index < -0.39 is 17.4 Å². The molecule has 0 amide bonds. The van der Waals surface area contributed by atoms with Gasteiger partial charge in [-0.2, -0.15) is 0 Å². The van der Waals surface area contributed by atoms with E-state index in [1.165, 1.54) is 36.8 Å². The molecule has 54 heavy (non-hydrogen) atoms. The maximum absolute atomic E-state index is 12.1. The molecule has 8 heteroatoms. The molecule has 0 aromatic heterocycles.